The Morgan fingerprint density at radius 2 is 0.793 bits per heavy atom. The Hall–Kier alpha value is -15.1. The highest BCUT2D eigenvalue weighted by Crippen LogP contribution is 2.36. The lowest BCUT2D eigenvalue weighted by atomic mass is 10.1. The third-order valence-corrected chi connectivity index (χ3v) is 22.3. The molecule has 0 bridgehead atoms. The summed E-state index contributed by atoms with van der Waals surface area (Å²) in [6, 6.07) is 30.2. The molecule has 1 aliphatic heterocycles. The summed E-state index contributed by atoms with van der Waals surface area (Å²) in [5, 5.41) is 55.9. The first-order valence-electron chi connectivity index (χ1n) is 39.6. The predicted octanol–water partition coefficient (Wildman–Crippen LogP) is 16.5. The van der Waals surface area contributed by atoms with Crippen LogP contribution in [-0.4, -0.2) is 191 Å². The number of likely N-dealkylation sites (N-methyl/N-ethyl adjacent to an activating group) is 1. The van der Waals surface area contributed by atoms with Gasteiger partial charge >= 0.3 is 53.2 Å². The molecule has 0 aliphatic carbocycles. The Labute approximate surface area is 792 Å². The van der Waals surface area contributed by atoms with E-state index in [0.29, 0.717) is 57.0 Å². The number of esters is 5. The van der Waals surface area contributed by atoms with Gasteiger partial charge in [-0.3, -0.25) is 45.3 Å². The summed E-state index contributed by atoms with van der Waals surface area (Å²) in [6.07, 6.45) is 6.16. The molecule has 0 amide bonds. The molecule has 12 aromatic rings. The Kier molecular flexibility index (Phi) is 43.2. The number of hydrogen-bond acceptors (Lipinski definition) is 33. The van der Waals surface area contributed by atoms with E-state index in [1.165, 1.54) is 53.7 Å². The highest BCUT2D eigenvalue weighted by atomic mass is 35.5. The number of imidazole rings is 2. The van der Waals surface area contributed by atoms with Gasteiger partial charge in [0.25, 0.3) is 5.69 Å². The average molecular weight is 1940 g/mol. The molecule has 0 unspecified atom stereocenters. The van der Waals surface area contributed by atoms with Crippen LogP contribution in [0.2, 0.25) is 0 Å². The maximum absolute atomic E-state index is 12.8. The Balaban J connectivity index is 0.000000277. The number of aromatic nitrogens is 7. The highest BCUT2D eigenvalue weighted by Gasteiger charge is 2.25. The zero-order valence-electron chi connectivity index (χ0n) is 77.1. The van der Waals surface area contributed by atoms with Gasteiger partial charge in [0, 0.05) is 129 Å². The molecule has 38 nitrogen and oxygen atoms in total. The van der Waals surface area contributed by atoms with Crippen LogP contribution in [0.3, 0.4) is 0 Å². The molecule has 6 heterocycles. The number of pyridine rings is 3. The number of hydrogen-bond donors (Lipinski definition) is 6. The van der Waals surface area contributed by atoms with Gasteiger partial charge in [-0.1, -0.05) is 35.7 Å². The number of nitro groups is 3. The normalized spacial score (nSPS) is 10.5. The zero-order chi connectivity index (χ0) is 101. The quantitative estimate of drug-likeness (QED) is 0.00536. The standard InChI is InChI=1S/C19H21N3O3S.C18H19N3O3S.C11H11NO2S.C9H12ClNO.C9H10N2O4.C9H12N2O2.C8H6FNO4.C7H4FNO4.CH5N/c1-11-9-20-15(12(2)17(11)24-4)10-26-19-21-14-8-13(18(23)25-5)6-7-16(14)22(19)3;1-10-8-19-14(11(2)16(10)24-4)9-25-18-20-13-7-12(17(22)23)5-6-15(13)21(18)3;1-12-9-4-3-7(11(13)14-2)5-8(9)6-10(12)15;1-6-5-11-8(4-10)7(2)9(6)12-3;1-10-7-4-3-6(9(12)15-2)5-8(7)11(13)14;1-11-8-4-3-6(5-7(8)10)9(12)13-2;1-14-8(11)5-2-3-6(9)7(4-5)10(12)13;8-5-2-1-4(7(10)11)3-6(5)9(12)13;1-2/h6-9H,10H2,1-5H3;5-8H,9H2,1-4H3,(H,22,23);3-5H,6H2,1-2H3;5H,4H2,1-3H3;3-5,10H,1-2H3;3-5,11H,10H2,1-2H3;2-4H,1H3;1-3H,(H,10,11);2H2,1H3. The Morgan fingerprint density at radius 1 is 0.474 bits per heavy atom. The summed E-state index contributed by atoms with van der Waals surface area (Å²) in [4.78, 5) is 132. The first kappa shape index (κ1) is 110. The molecule has 13 rings (SSSR count). The topological polar surface area (TPSA) is 517 Å². The van der Waals surface area contributed by atoms with Gasteiger partial charge in [0.2, 0.25) is 11.6 Å². The van der Waals surface area contributed by atoms with E-state index in [9.17, 15) is 72.7 Å². The van der Waals surface area contributed by atoms with E-state index < -0.39 is 61.7 Å². The number of nitrogen functional groups attached to an aromatic ring is 1. The smallest absolute Gasteiger partial charge is 0.338 e. The van der Waals surface area contributed by atoms with Crippen molar-refractivity contribution in [3.05, 3.63) is 283 Å². The van der Waals surface area contributed by atoms with Gasteiger partial charge < -0.3 is 84.2 Å². The summed E-state index contributed by atoms with van der Waals surface area (Å²) < 4.78 is 68.3. The first-order valence-corrected chi connectivity index (χ1v) is 42.5. The van der Waals surface area contributed by atoms with E-state index in [0.717, 1.165) is 160 Å². The van der Waals surface area contributed by atoms with Crippen LogP contribution in [0.15, 0.2) is 156 Å². The number of halogens is 3. The number of carbonyl (C=O) groups is 7. The number of fused-ring (bicyclic) bond motifs is 3. The van der Waals surface area contributed by atoms with E-state index in [2.05, 4.69) is 60.2 Å². The molecule has 0 saturated heterocycles. The minimum atomic E-state index is -1.33. The summed E-state index contributed by atoms with van der Waals surface area (Å²) in [5.74, 6) is -2.29. The van der Waals surface area contributed by atoms with Crippen LogP contribution >= 0.6 is 47.3 Å². The number of nitrogens with one attached hydrogen (secondary N) is 2. The zero-order valence-corrected chi connectivity index (χ0v) is 80.3. The first-order chi connectivity index (χ1) is 64.1. The van der Waals surface area contributed by atoms with Gasteiger partial charge in [-0.15, -0.1) is 11.6 Å². The van der Waals surface area contributed by atoms with Crippen molar-refractivity contribution in [1.82, 2.24) is 34.1 Å². The number of anilines is 4. The van der Waals surface area contributed by atoms with Crippen molar-refractivity contribution in [1.29, 1.82) is 0 Å². The van der Waals surface area contributed by atoms with Crippen molar-refractivity contribution in [2.45, 2.75) is 75.7 Å². The van der Waals surface area contributed by atoms with E-state index in [-0.39, 0.29) is 45.8 Å². The fraction of sp³-hybridized carbons (Fsp3) is 0.264. The number of carboxylic acids is 2. The minimum Gasteiger partial charge on any atom is -0.496 e. The second-order valence-electron chi connectivity index (χ2n) is 27.8. The summed E-state index contributed by atoms with van der Waals surface area (Å²) >= 11 is 14.1. The number of thiocarbonyl (C=S) groups is 1. The molecule has 0 saturated carbocycles. The molecular weight excluding hydrogens is 1840 g/mol. The summed E-state index contributed by atoms with van der Waals surface area (Å²) in [6.45, 7) is 11.9. The van der Waals surface area contributed by atoms with Crippen LogP contribution < -0.4 is 41.2 Å². The average Bonchev–Trinajstić information content (AvgIpc) is 1.65. The monoisotopic (exact) mass is 1940 g/mol. The molecule has 0 spiro atoms. The Bertz CT molecular complexity index is 6370. The number of nitro benzene ring substituents is 3. The van der Waals surface area contributed by atoms with Crippen molar-refractivity contribution in [3.8, 4) is 17.2 Å². The fourth-order valence-corrected chi connectivity index (χ4v) is 15.0. The van der Waals surface area contributed by atoms with Crippen LogP contribution in [0.1, 0.15) is 129 Å². The van der Waals surface area contributed by atoms with Gasteiger partial charge in [0.05, 0.1) is 172 Å². The maximum atomic E-state index is 12.8. The molecule has 7 aromatic carbocycles. The molecule has 0 radical (unpaired) electrons. The number of nitrogens with zero attached hydrogens (tertiary/aromatic N) is 11. The number of thioether (sulfide) groups is 2. The van der Waals surface area contributed by atoms with Crippen molar-refractivity contribution < 1.29 is 105 Å². The van der Waals surface area contributed by atoms with Gasteiger partial charge in [-0.25, -0.2) is 43.5 Å². The molecule has 716 valence electrons. The van der Waals surface area contributed by atoms with Crippen LogP contribution in [0.5, 0.6) is 17.2 Å². The molecule has 5 aromatic heterocycles. The second kappa shape index (κ2) is 52.8. The largest absolute Gasteiger partial charge is 0.496 e. The van der Waals surface area contributed by atoms with Crippen LogP contribution in [-0.2, 0) is 61.6 Å². The van der Waals surface area contributed by atoms with Crippen LogP contribution in [0.4, 0.5) is 48.6 Å². The van der Waals surface area contributed by atoms with Crippen molar-refractivity contribution in [2.24, 2.45) is 19.8 Å². The molecule has 44 heteroatoms. The lowest BCUT2D eigenvalue weighted by Crippen LogP contribution is -2.18. The lowest BCUT2D eigenvalue weighted by molar-refractivity contribution is -0.387. The highest BCUT2D eigenvalue weighted by molar-refractivity contribution is 7.98. The lowest BCUT2D eigenvalue weighted by Gasteiger charge is -2.11. The third kappa shape index (κ3) is 29.5. The Morgan fingerprint density at radius 3 is 1.17 bits per heavy atom. The van der Waals surface area contributed by atoms with E-state index >= 15 is 0 Å². The number of ether oxygens (including phenoxy) is 8. The van der Waals surface area contributed by atoms with Gasteiger partial charge in [0.1, 0.15) is 22.9 Å². The minimum absolute atomic E-state index is 0.0550. The number of aromatic carboxylic acids is 2. The molecule has 135 heavy (non-hydrogen) atoms. The van der Waals surface area contributed by atoms with E-state index in [1.807, 2.05) is 107 Å². The predicted molar refractivity (Wildman–Crippen MR) is 512 cm³/mol. The number of nitrogens with two attached hydrogens (primary N) is 2. The van der Waals surface area contributed by atoms with Gasteiger partial charge in [-0.2, -0.15) is 8.78 Å². The second-order valence-corrected chi connectivity index (χ2v) is 30.5. The van der Waals surface area contributed by atoms with Crippen molar-refractivity contribution in [3.63, 3.8) is 0 Å². The number of aryl methyl sites for hydroxylation is 5. The van der Waals surface area contributed by atoms with E-state index in [1.54, 1.807) is 120 Å². The van der Waals surface area contributed by atoms with E-state index in [4.69, 9.17) is 58.7 Å². The number of carbonyl (C=O) groups excluding carboxylic acids is 5. The fourth-order valence-electron chi connectivity index (χ4n) is 12.5. The van der Waals surface area contributed by atoms with Gasteiger partial charge in [0.15, 0.2) is 10.3 Å². The summed E-state index contributed by atoms with van der Waals surface area (Å²) in [5.41, 5.74) is 26.1. The molecule has 0 atom stereocenters. The molecule has 1 aliphatic rings. The van der Waals surface area contributed by atoms with Crippen LogP contribution in [0, 0.1) is 83.5 Å². The number of benzene rings is 7. The SMILES string of the molecule is CN.CNc1ccc(C(=O)OC)cc1N.CNc1ccc(C(=O)OC)cc1[N+](=O)[O-].COC(=O)c1ccc(F)c([N+](=O)[O-])c1.COC(=O)c1ccc2c(c1)CC(=S)N2C.COC(=O)c1ccc2c(c1)nc(SCc1ncc(C)c(OC)c1C)n2C.COc1c(C)cnc(CCl)c1C.COc1c(C)cnc(CSc2nc3cc(C(=O)O)ccc3n2C)c1C.O=C(O)c1ccc(F)c([N+](=O)[O-])c1. The van der Waals surface area contributed by atoms with Gasteiger partial charge in [-0.05, 0) is 163 Å². The summed E-state index contributed by atoms with van der Waals surface area (Å²) in [7, 11) is 22.1. The molecular formula is C91H100ClF2N15O23S3. The van der Waals surface area contributed by atoms with Crippen molar-refractivity contribution >= 4 is 156 Å². The third-order valence-electron chi connectivity index (χ3n) is 19.6. The number of carboxylic acid groups (broad SMARTS) is 2. The number of alkyl halides is 1. The molecule has 8 N–H and O–H groups in total. The van der Waals surface area contributed by atoms with Crippen LogP contribution in [0.25, 0.3) is 22.1 Å². The maximum Gasteiger partial charge on any atom is 0.338 e. The molecule has 0 fully saturated rings. The van der Waals surface area contributed by atoms with Crippen molar-refractivity contribution in [2.75, 3.05) is 106 Å². The number of rotatable bonds is 22. The number of methoxy groups -OCH3 is 8.